The van der Waals surface area contributed by atoms with Crippen LogP contribution >= 0.6 is 0 Å². The van der Waals surface area contributed by atoms with Crippen LogP contribution < -0.4 is 5.32 Å². The molecule has 1 aliphatic rings. The van der Waals surface area contributed by atoms with Gasteiger partial charge in [0, 0.05) is 23.7 Å². The molecule has 1 N–H and O–H groups in total. The van der Waals surface area contributed by atoms with E-state index in [1.54, 1.807) is 0 Å². The van der Waals surface area contributed by atoms with Crippen molar-refractivity contribution in [2.75, 3.05) is 13.2 Å². The number of fused-ring (bicyclic) bond motifs is 1. The molecular weight excluding hydrogens is 260 g/mol. The van der Waals surface area contributed by atoms with Crippen LogP contribution in [0.25, 0.3) is 10.9 Å². The SMILES string of the molecule is Cc1cc(COCCC2CCCCN2)c2ccccc2n1. The van der Waals surface area contributed by atoms with Gasteiger partial charge in [-0.15, -0.1) is 0 Å². The maximum atomic E-state index is 5.92. The number of piperidine rings is 1. The molecule has 3 rings (SSSR count). The summed E-state index contributed by atoms with van der Waals surface area (Å²) in [5, 5.41) is 4.77. The van der Waals surface area contributed by atoms with E-state index in [9.17, 15) is 0 Å². The lowest BCUT2D eigenvalue weighted by atomic mass is 10.0. The minimum absolute atomic E-state index is 0.648. The molecule has 21 heavy (non-hydrogen) atoms. The fraction of sp³-hybridized carbons (Fsp3) is 0.500. The number of para-hydroxylation sites is 1. The van der Waals surface area contributed by atoms with E-state index in [1.807, 2.05) is 13.0 Å². The third kappa shape index (κ3) is 3.80. The molecule has 0 saturated carbocycles. The number of benzene rings is 1. The average molecular weight is 284 g/mol. The summed E-state index contributed by atoms with van der Waals surface area (Å²) in [5.74, 6) is 0. The maximum Gasteiger partial charge on any atom is 0.0724 e. The van der Waals surface area contributed by atoms with E-state index in [4.69, 9.17) is 4.74 Å². The van der Waals surface area contributed by atoms with Crippen LogP contribution in [0.15, 0.2) is 30.3 Å². The lowest BCUT2D eigenvalue weighted by Crippen LogP contribution is -2.34. The van der Waals surface area contributed by atoms with Gasteiger partial charge in [-0.25, -0.2) is 0 Å². The van der Waals surface area contributed by atoms with Crippen molar-refractivity contribution in [1.29, 1.82) is 0 Å². The van der Waals surface area contributed by atoms with Gasteiger partial charge in [-0.2, -0.15) is 0 Å². The standard InChI is InChI=1S/C18H24N2O/c1-14-12-15(17-7-2-3-8-18(17)20-14)13-21-11-9-16-6-4-5-10-19-16/h2-3,7-8,12,16,19H,4-6,9-11,13H2,1H3. The van der Waals surface area contributed by atoms with Crippen molar-refractivity contribution in [2.45, 2.75) is 45.3 Å². The smallest absolute Gasteiger partial charge is 0.0724 e. The number of hydrogen-bond acceptors (Lipinski definition) is 3. The summed E-state index contributed by atoms with van der Waals surface area (Å²) in [6.07, 6.45) is 5.08. The number of pyridine rings is 1. The second-order valence-electron chi connectivity index (χ2n) is 5.93. The van der Waals surface area contributed by atoms with Crippen molar-refractivity contribution < 1.29 is 4.74 Å². The van der Waals surface area contributed by atoms with Gasteiger partial charge in [0.15, 0.2) is 0 Å². The highest BCUT2D eigenvalue weighted by Gasteiger charge is 2.12. The Kier molecular flexibility index (Phi) is 4.84. The number of nitrogens with zero attached hydrogens (tertiary/aromatic N) is 1. The molecule has 112 valence electrons. The van der Waals surface area contributed by atoms with Crippen molar-refractivity contribution in [3.8, 4) is 0 Å². The van der Waals surface area contributed by atoms with Crippen molar-refractivity contribution in [3.05, 3.63) is 41.6 Å². The molecule has 2 heterocycles. The Morgan fingerprint density at radius 3 is 3.05 bits per heavy atom. The molecule has 1 unspecified atom stereocenters. The summed E-state index contributed by atoms with van der Waals surface area (Å²) >= 11 is 0. The predicted molar refractivity (Wildman–Crippen MR) is 86.4 cm³/mol. The Bertz CT molecular complexity index is 591. The lowest BCUT2D eigenvalue weighted by molar-refractivity contribution is 0.109. The fourth-order valence-electron chi connectivity index (χ4n) is 3.09. The van der Waals surface area contributed by atoms with Crippen LogP contribution in [0.2, 0.25) is 0 Å². The molecule has 2 aromatic rings. The number of hydrogen-bond donors (Lipinski definition) is 1. The second kappa shape index (κ2) is 7.01. The zero-order chi connectivity index (χ0) is 14.5. The second-order valence-corrected chi connectivity index (χ2v) is 5.93. The Morgan fingerprint density at radius 1 is 1.29 bits per heavy atom. The van der Waals surface area contributed by atoms with Crippen LogP contribution in [0.4, 0.5) is 0 Å². The van der Waals surface area contributed by atoms with Crippen LogP contribution in [0, 0.1) is 6.92 Å². The van der Waals surface area contributed by atoms with Gasteiger partial charge < -0.3 is 10.1 Å². The molecule has 1 atom stereocenters. The van der Waals surface area contributed by atoms with E-state index in [-0.39, 0.29) is 0 Å². The molecule has 3 nitrogen and oxygen atoms in total. The molecule has 0 amide bonds. The van der Waals surface area contributed by atoms with Crippen molar-refractivity contribution in [1.82, 2.24) is 10.3 Å². The quantitative estimate of drug-likeness (QED) is 0.852. The third-order valence-corrected chi connectivity index (χ3v) is 4.21. The fourth-order valence-corrected chi connectivity index (χ4v) is 3.09. The molecular formula is C18H24N2O. The summed E-state index contributed by atoms with van der Waals surface area (Å²) in [5.41, 5.74) is 3.36. The van der Waals surface area contributed by atoms with Crippen LogP contribution in [-0.4, -0.2) is 24.2 Å². The average Bonchev–Trinajstić information content (AvgIpc) is 2.52. The van der Waals surface area contributed by atoms with Gasteiger partial charge in [0.1, 0.15) is 0 Å². The monoisotopic (exact) mass is 284 g/mol. The maximum absolute atomic E-state index is 5.92. The lowest BCUT2D eigenvalue weighted by Gasteiger charge is -2.23. The largest absolute Gasteiger partial charge is 0.377 e. The Labute approximate surface area is 126 Å². The molecule has 3 heteroatoms. The molecule has 1 saturated heterocycles. The third-order valence-electron chi connectivity index (χ3n) is 4.21. The zero-order valence-electron chi connectivity index (χ0n) is 12.8. The molecule has 1 aliphatic heterocycles. The number of nitrogens with one attached hydrogen (secondary N) is 1. The zero-order valence-corrected chi connectivity index (χ0v) is 12.8. The predicted octanol–water partition coefficient (Wildman–Crippen LogP) is 3.59. The van der Waals surface area contributed by atoms with Crippen molar-refractivity contribution in [2.24, 2.45) is 0 Å². The molecule has 1 fully saturated rings. The summed E-state index contributed by atoms with van der Waals surface area (Å²) in [4.78, 5) is 4.57. The van der Waals surface area contributed by atoms with Gasteiger partial charge in [-0.3, -0.25) is 4.98 Å². The number of aromatic nitrogens is 1. The highest BCUT2D eigenvalue weighted by molar-refractivity contribution is 5.82. The van der Waals surface area contributed by atoms with Crippen molar-refractivity contribution in [3.63, 3.8) is 0 Å². The highest BCUT2D eigenvalue weighted by atomic mass is 16.5. The first-order chi connectivity index (χ1) is 10.3. The minimum atomic E-state index is 0.648. The van der Waals surface area contributed by atoms with E-state index >= 15 is 0 Å². The van der Waals surface area contributed by atoms with Crippen LogP contribution in [0.3, 0.4) is 0 Å². The van der Waals surface area contributed by atoms with E-state index in [1.165, 1.54) is 36.8 Å². The summed E-state index contributed by atoms with van der Waals surface area (Å²) in [6, 6.07) is 11.1. The Hall–Kier alpha value is -1.45. The van der Waals surface area contributed by atoms with Gasteiger partial charge in [0.25, 0.3) is 0 Å². The molecule has 0 aliphatic carbocycles. The Morgan fingerprint density at radius 2 is 2.19 bits per heavy atom. The van der Waals surface area contributed by atoms with Gasteiger partial charge in [0.2, 0.25) is 0 Å². The van der Waals surface area contributed by atoms with Crippen LogP contribution in [0.1, 0.15) is 36.9 Å². The van der Waals surface area contributed by atoms with Crippen molar-refractivity contribution >= 4 is 10.9 Å². The van der Waals surface area contributed by atoms with Crippen LogP contribution in [0.5, 0.6) is 0 Å². The van der Waals surface area contributed by atoms with Crippen LogP contribution in [-0.2, 0) is 11.3 Å². The molecule has 0 radical (unpaired) electrons. The molecule has 1 aromatic carbocycles. The normalized spacial score (nSPS) is 19.0. The first-order valence-corrected chi connectivity index (χ1v) is 7.99. The number of rotatable bonds is 5. The summed E-state index contributed by atoms with van der Waals surface area (Å²) in [7, 11) is 0. The number of ether oxygens (including phenoxy) is 1. The Balaban J connectivity index is 1.57. The first-order valence-electron chi connectivity index (χ1n) is 7.99. The van der Waals surface area contributed by atoms with E-state index in [0.29, 0.717) is 12.6 Å². The molecule has 0 bridgehead atoms. The highest BCUT2D eigenvalue weighted by Crippen LogP contribution is 2.19. The molecule has 1 aromatic heterocycles. The molecule has 0 spiro atoms. The topological polar surface area (TPSA) is 34.1 Å². The minimum Gasteiger partial charge on any atom is -0.377 e. The summed E-state index contributed by atoms with van der Waals surface area (Å²) in [6.45, 7) is 4.71. The van der Waals surface area contributed by atoms with Gasteiger partial charge >= 0.3 is 0 Å². The number of aryl methyl sites for hydroxylation is 1. The van der Waals surface area contributed by atoms with Gasteiger partial charge in [-0.05, 0) is 50.4 Å². The summed E-state index contributed by atoms with van der Waals surface area (Å²) < 4.78 is 5.92. The van der Waals surface area contributed by atoms with E-state index < -0.39 is 0 Å². The first kappa shape index (κ1) is 14.5. The van der Waals surface area contributed by atoms with E-state index in [0.717, 1.165) is 24.2 Å². The van der Waals surface area contributed by atoms with E-state index in [2.05, 4.69) is 34.6 Å². The van der Waals surface area contributed by atoms with Gasteiger partial charge in [0.05, 0.1) is 12.1 Å². The van der Waals surface area contributed by atoms with Gasteiger partial charge in [-0.1, -0.05) is 24.6 Å².